The van der Waals surface area contributed by atoms with Crippen LogP contribution in [0.4, 0.5) is 5.69 Å². The Labute approximate surface area is 241 Å². The van der Waals surface area contributed by atoms with Gasteiger partial charge in [0.1, 0.15) is 5.75 Å². The molecule has 0 fully saturated rings. The number of benzene rings is 2. The van der Waals surface area contributed by atoms with Crippen LogP contribution in [-0.4, -0.2) is 42.2 Å². The molecule has 41 heavy (non-hydrogen) atoms. The molecular formula is C33H34N6O2. The van der Waals surface area contributed by atoms with Gasteiger partial charge in [0.25, 0.3) is 0 Å². The van der Waals surface area contributed by atoms with Gasteiger partial charge in [0.15, 0.2) is 0 Å². The molecule has 4 rings (SSSR count). The minimum Gasteiger partial charge on any atom is -0.438 e. The standard InChI is InChI=1S/C33H34N6O2/c1-4-24-16-22(2)31(23(3)17-24)41-32(38-27-12-10-26(19-34)11-13-27)28-20-39(15-14-30(28)37-21-35)33(40)29(36)18-25-8-6-5-7-9-25/h1,6,8-13,16-17,21,29H,5,7,14-15,18,20,36H2,2-3H3,(H2,35,37). The summed E-state index contributed by atoms with van der Waals surface area (Å²) in [6.45, 7) is 4.47. The van der Waals surface area contributed by atoms with Gasteiger partial charge in [0.2, 0.25) is 11.8 Å². The Hall–Kier alpha value is -4.92. The third-order valence-electron chi connectivity index (χ3n) is 7.01. The first-order chi connectivity index (χ1) is 19.8. The molecule has 2 aromatic carbocycles. The van der Waals surface area contributed by atoms with E-state index in [1.165, 1.54) is 6.34 Å². The number of rotatable bonds is 7. The molecule has 0 saturated heterocycles. The molecule has 1 aliphatic heterocycles. The molecule has 1 atom stereocenters. The van der Waals surface area contributed by atoms with Gasteiger partial charge in [-0.25, -0.2) is 9.98 Å². The number of hydrogen-bond acceptors (Lipinski definition) is 6. The highest BCUT2D eigenvalue weighted by molar-refractivity contribution is 5.99. The Morgan fingerprint density at radius 2 is 1.93 bits per heavy atom. The van der Waals surface area contributed by atoms with Crippen molar-refractivity contribution < 1.29 is 9.53 Å². The predicted molar refractivity (Wildman–Crippen MR) is 163 cm³/mol. The van der Waals surface area contributed by atoms with Crippen LogP contribution in [0, 0.1) is 37.5 Å². The number of amides is 1. The highest BCUT2D eigenvalue weighted by Gasteiger charge is 2.30. The normalized spacial score (nSPS) is 16.3. The first-order valence-electron chi connectivity index (χ1n) is 13.5. The maximum atomic E-state index is 13.5. The number of nitriles is 1. The van der Waals surface area contributed by atoms with Crippen LogP contribution < -0.4 is 16.2 Å². The fraction of sp³-hybridized carbons (Fsp3) is 0.273. The molecule has 208 valence electrons. The van der Waals surface area contributed by atoms with Crippen molar-refractivity contribution in [1.82, 2.24) is 4.90 Å². The van der Waals surface area contributed by atoms with Crippen molar-refractivity contribution in [3.8, 4) is 24.2 Å². The minimum absolute atomic E-state index is 0.151. The molecule has 8 heteroatoms. The number of hydrogen-bond donors (Lipinski definition) is 2. The van der Waals surface area contributed by atoms with Crippen molar-refractivity contribution in [1.29, 1.82) is 5.26 Å². The van der Waals surface area contributed by atoms with Crippen LogP contribution in [-0.2, 0) is 4.79 Å². The molecule has 1 aliphatic carbocycles. The van der Waals surface area contributed by atoms with E-state index in [0.717, 1.165) is 35.1 Å². The van der Waals surface area contributed by atoms with Crippen molar-refractivity contribution >= 4 is 23.8 Å². The van der Waals surface area contributed by atoms with E-state index in [1.54, 1.807) is 29.2 Å². The van der Waals surface area contributed by atoms with Crippen molar-refractivity contribution in [2.24, 2.45) is 21.5 Å². The van der Waals surface area contributed by atoms with Gasteiger partial charge in [-0.3, -0.25) is 4.79 Å². The third-order valence-corrected chi connectivity index (χ3v) is 7.01. The van der Waals surface area contributed by atoms with Gasteiger partial charge in [-0.05, 0) is 80.6 Å². The summed E-state index contributed by atoms with van der Waals surface area (Å²) in [5, 5.41) is 9.22. The van der Waals surface area contributed by atoms with E-state index in [0.29, 0.717) is 47.7 Å². The zero-order valence-corrected chi connectivity index (χ0v) is 23.4. The SMILES string of the molecule is C#Cc1cc(C)c(OC(=Nc2ccc(C#N)cc2)C2=C(N=CN)CCN(C(=O)C(N)CC3=CCCC=C3)C2)c(C)c1. The lowest BCUT2D eigenvalue weighted by atomic mass is 9.98. The van der Waals surface area contributed by atoms with Gasteiger partial charge >= 0.3 is 0 Å². The largest absolute Gasteiger partial charge is 0.438 e. The molecule has 0 bridgehead atoms. The average molecular weight is 547 g/mol. The summed E-state index contributed by atoms with van der Waals surface area (Å²) >= 11 is 0. The quantitative estimate of drug-likeness (QED) is 0.295. The maximum absolute atomic E-state index is 13.5. The van der Waals surface area contributed by atoms with E-state index in [9.17, 15) is 10.1 Å². The summed E-state index contributed by atoms with van der Waals surface area (Å²) < 4.78 is 6.52. The molecule has 1 heterocycles. The second-order valence-corrected chi connectivity index (χ2v) is 10.0. The predicted octanol–water partition coefficient (Wildman–Crippen LogP) is 4.73. The number of aliphatic imine (C=N–C) groups is 2. The molecular weight excluding hydrogens is 512 g/mol. The maximum Gasteiger partial charge on any atom is 0.240 e. The van der Waals surface area contributed by atoms with Crippen LogP contribution in [0.15, 0.2) is 81.5 Å². The number of nitrogens with zero attached hydrogens (tertiary/aromatic N) is 4. The molecule has 1 unspecified atom stereocenters. The van der Waals surface area contributed by atoms with Crippen molar-refractivity contribution in [2.75, 3.05) is 13.1 Å². The van der Waals surface area contributed by atoms with Crippen molar-refractivity contribution in [2.45, 2.75) is 45.6 Å². The van der Waals surface area contributed by atoms with Crippen molar-refractivity contribution in [3.63, 3.8) is 0 Å². The lowest BCUT2D eigenvalue weighted by Crippen LogP contribution is -2.47. The van der Waals surface area contributed by atoms with Gasteiger partial charge in [-0.1, -0.05) is 29.7 Å². The van der Waals surface area contributed by atoms with E-state index in [2.05, 4.69) is 29.1 Å². The number of carbonyl (C=O) groups excluding carboxylic acids is 1. The Morgan fingerprint density at radius 3 is 2.54 bits per heavy atom. The Kier molecular flexibility index (Phi) is 9.52. The molecule has 0 aromatic heterocycles. The number of allylic oxidation sites excluding steroid dienone is 3. The number of ether oxygens (including phenoxy) is 1. The summed E-state index contributed by atoms with van der Waals surface area (Å²) in [6.07, 6.45) is 16.0. The van der Waals surface area contributed by atoms with Gasteiger partial charge in [0, 0.05) is 18.5 Å². The molecule has 2 aromatic rings. The van der Waals surface area contributed by atoms with E-state index in [4.69, 9.17) is 27.6 Å². The smallest absolute Gasteiger partial charge is 0.240 e. The summed E-state index contributed by atoms with van der Waals surface area (Å²) in [6, 6.07) is 12.0. The Morgan fingerprint density at radius 1 is 1.20 bits per heavy atom. The van der Waals surface area contributed by atoms with Gasteiger partial charge in [0.05, 0.1) is 47.5 Å². The van der Waals surface area contributed by atoms with E-state index in [1.807, 2.05) is 32.1 Å². The fourth-order valence-electron chi connectivity index (χ4n) is 4.93. The lowest BCUT2D eigenvalue weighted by Gasteiger charge is -2.32. The molecule has 0 saturated carbocycles. The number of aryl methyl sites for hydroxylation is 2. The van der Waals surface area contributed by atoms with Crippen LogP contribution in [0.5, 0.6) is 5.75 Å². The minimum atomic E-state index is -0.676. The van der Waals surface area contributed by atoms with Crippen LogP contribution in [0.25, 0.3) is 0 Å². The van der Waals surface area contributed by atoms with Gasteiger partial charge < -0.3 is 21.1 Å². The van der Waals surface area contributed by atoms with E-state index < -0.39 is 6.04 Å². The average Bonchev–Trinajstić information content (AvgIpc) is 2.99. The number of nitrogens with two attached hydrogens (primary N) is 2. The monoisotopic (exact) mass is 546 g/mol. The van der Waals surface area contributed by atoms with Crippen LogP contribution >= 0.6 is 0 Å². The van der Waals surface area contributed by atoms with Crippen LogP contribution in [0.3, 0.4) is 0 Å². The zero-order chi connectivity index (χ0) is 29.4. The second kappa shape index (κ2) is 13.4. The molecule has 4 N–H and O–H groups in total. The molecule has 0 spiro atoms. The topological polar surface area (TPSA) is 130 Å². The molecule has 8 nitrogen and oxygen atoms in total. The van der Waals surface area contributed by atoms with Crippen molar-refractivity contribution in [3.05, 3.63) is 93.7 Å². The van der Waals surface area contributed by atoms with E-state index >= 15 is 0 Å². The first kappa shape index (κ1) is 29.1. The van der Waals surface area contributed by atoms with Crippen LogP contribution in [0.1, 0.15) is 47.9 Å². The highest BCUT2D eigenvalue weighted by Crippen LogP contribution is 2.30. The number of terminal acetylenes is 1. The molecule has 0 radical (unpaired) electrons. The van der Waals surface area contributed by atoms with E-state index in [-0.39, 0.29) is 18.3 Å². The summed E-state index contributed by atoms with van der Waals surface area (Å²) in [4.78, 5) is 24.5. The summed E-state index contributed by atoms with van der Waals surface area (Å²) in [7, 11) is 0. The Balaban J connectivity index is 1.73. The Bertz CT molecular complexity index is 1520. The zero-order valence-electron chi connectivity index (χ0n) is 23.4. The lowest BCUT2D eigenvalue weighted by molar-refractivity contribution is -0.132. The molecule has 1 amide bonds. The summed E-state index contributed by atoms with van der Waals surface area (Å²) in [5.41, 5.74) is 18.0. The van der Waals surface area contributed by atoms with Gasteiger partial charge in [-0.2, -0.15) is 5.26 Å². The fourth-order valence-corrected chi connectivity index (χ4v) is 4.93. The second-order valence-electron chi connectivity index (χ2n) is 10.0. The van der Waals surface area contributed by atoms with Crippen LogP contribution in [0.2, 0.25) is 0 Å². The third kappa shape index (κ3) is 7.19. The highest BCUT2D eigenvalue weighted by atomic mass is 16.5. The van der Waals surface area contributed by atoms with Gasteiger partial charge in [-0.15, -0.1) is 6.42 Å². The molecule has 2 aliphatic rings. The number of carbonyl (C=O) groups is 1. The first-order valence-corrected chi connectivity index (χ1v) is 13.5. The summed E-state index contributed by atoms with van der Waals surface area (Å²) in [5.74, 6) is 3.40.